The van der Waals surface area contributed by atoms with Crippen LogP contribution in [0.15, 0.2) is 42.7 Å². The van der Waals surface area contributed by atoms with Gasteiger partial charge >= 0.3 is 6.09 Å². The van der Waals surface area contributed by atoms with E-state index in [1.807, 2.05) is 31.5 Å². The lowest BCUT2D eigenvalue weighted by atomic mass is 9.97. The normalized spacial score (nSPS) is 16.7. The highest BCUT2D eigenvalue weighted by molar-refractivity contribution is 5.89. The number of carbonyl (C=O) groups is 1. The first kappa shape index (κ1) is 24.0. The van der Waals surface area contributed by atoms with E-state index in [1.54, 1.807) is 17.0 Å². The second-order valence-corrected chi connectivity index (χ2v) is 11.0. The molecule has 1 unspecified atom stereocenters. The van der Waals surface area contributed by atoms with E-state index in [4.69, 9.17) is 15.6 Å². The van der Waals surface area contributed by atoms with Crippen LogP contribution in [-0.4, -0.2) is 48.0 Å². The summed E-state index contributed by atoms with van der Waals surface area (Å²) in [4.78, 5) is 23.0. The number of aromatic nitrogens is 4. The molecule has 4 heterocycles. The average Bonchev–Trinajstić information content (AvgIpc) is 3.44. The number of ether oxygens (including phenoxy) is 1. The highest BCUT2D eigenvalue weighted by Gasteiger charge is 2.29. The molecule has 0 saturated carbocycles. The van der Waals surface area contributed by atoms with Crippen LogP contribution < -0.4 is 11.1 Å². The standard InChI is InChI=1S/C28H31N7O3/c1-28(2,3)38-27(37)34-9-8-17-10-16(4-5-18(17)14-34)13-35-26-23(25(29)30-15-31-26)24(33-35)22-12-19-11-20(36)6-7-21(19)32-22/h4-7,10-11,15,22,32,36H,8-9,12-14H2,1-3H3,(H2,29,30,31). The Kier molecular flexibility index (Phi) is 5.62. The maximum atomic E-state index is 12.5. The van der Waals surface area contributed by atoms with Crippen LogP contribution in [0.1, 0.15) is 54.8 Å². The third kappa shape index (κ3) is 4.46. The zero-order chi connectivity index (χ0) is 26.6. The first-order chi connectivity index (χ1) is 18.1. The number of hydrogen-bond acceptors (Lipinski definition) is 8. The minimum Gasteiger partial charge on any atom is -0.508 e. The summed E-state index contributed by atoms with van der Waals surface area (Å²) < 4.78 is 7.43. The molecule has 2 aromatic carbocycles. The minimum absolute atomic E-state index is 0.105. The number of rotatable bonds is 3. The lowest BCUT2D eigenvalue weighted by Gasteiger charge is -2.31. The number of carbonyl (C=O) groups excluding carboxylic acids is 1. The summed E-state index contributed by atoms with van der Waals surface area (Å²) in [6.45, 7) is 7.32. The summed E-state index contributed by atoms with van der Waals surface area (Å²) in [6.07, 6.45) is 2.63. The lowest BCUT2D eigenvalue weighted by Crippen LogP contribution is -2.39. The average molecular weight is 514 g/mol. The quantitative estimate of drug-likeness (QED) is 0.348. The highest BCUT2D eigenvalue weighted by Crippen LogP contribution is 2.38. The number of phenols is 1. The van der Waals surface area contributed by atoms with Crippen LogP contribution in [0.3, 0.4) is 0 Å². The van der Waals surface area contributed by atoms with Gasteiger partial charge in [-0.05, 0) is 67.6 Å². The van der Waals surface area contributed by atoms with Crippen LogP contribution in [0.2, 0.25) is 0 Å². The van der Waals surface area contributed by atoms with Crippen LogP contribution in [0, 0.1) is 0 Å². The second kappa shape index (κ2) is 8.90. The molecule has 0 fully saturated rings. The van der Waals surface area contributed by atoms with Gasteiger partial charge in [-0.3, -0.25) is 0 Å². The maximum Gasteiger partial charge on any atom is 0.410 e. The molecule has 38 heavy (non-hydrogen) atoms. The Morgan fingerprint density at radius 3 is 2.82 bits per heavy atom. The molecular formula is C28H31N7O3. The van der Waals surface area contributed by atoms with Gasteiger partial charge in [-0.15, -0.1) is 0 Å². The predicted molar refractivity (Wildman–Crippen MR) is 144 cm³/mol. The van der Waals surface area contributed by atoms with E-state index in [1.165, 1.54) is 11.9 Å². The summed E-state index contributed by atoms with van der Waals surface area (Å²) in [5, 5.41) is 19.1. The van der Waals surface area contributed by atoms with Gasteiger partial charge in [-0.25, -0.2) is 19.4 Å². The number of hydrogen-bond donors (Lipinski definition) is 3. The molecule has 2 aliphatic heterocycles. The Bertz CT molecular complexity index is 1560. The highest BCUT2D eigenvalue weighted by atomic mass is 16.6. The molecule has 196 valence electrons. The summed E-state index contributed by atoms with van der Waals surface area (Å²) in [5.74, 6) is 0.635. The van der Waals surface area contributed by atoms with E-state index in [0.29, 0.717) is 37.5 Å². The van der Waals surface area contributed by atoms with Gasteiger partial charge in [0.1, 0.15) is 23.5 Å². The van der Waals surface area contributed by atoms with Crippen molar-refractivity contribution in [2.45, 2.75) is 58.3 Å². The number of fused-ring (bicyclic) bond motifs is 3. The van der Waals surface area contributed by atoms with Gasteiger partial charge in [0.15, 0.2) is 5.65 Å². The van der Waals surface area contributed by atoms with Gasteiger partial charge < -0.3 is 25.8 Å². The number of nitrogens with zero attached hydrogens (tertiary/aromatic N) is 5. The van der Waals surface area contributed by atoms with E-state index in [0.717, 1.165) is 39.9 Å². The third-order valence-corrected chi connectivity index (χ3v) is 7.03. The lowest BCUT2D eigenvalue weighted by molar-refractivity contribution is 0.0224. The van der Waals surface area contributed by atoms with Crippen molar-refractivity contribution in [3.8, 4) is 5.75 Å². The number of nitrogen functional groups attached to an aromatic ring is 1. The second-order valence-electron chi connectivity index (χ2n) is 11.0. The SMILES string of the molecule is CC(C)(C)OC(=O)N1CCc2cc(Cn3nc(C4Cc5cc(O)ccc5N4)c4c(N)ncnc43)ccc2C1. The van der Waals surface area contributed by atoms with E-state index in [-0.39, 0.29) is 17.9 Å². The monoisotopic (exact) mass is 513 g/mol. The molecule has 2 aromatic heterocycles. The predicted octanol–water partition coefficient (Wildman–Crippen LogP) is 4.16. The van der Waals surface area contributed by atoms with Crippen LogP contribution in [0.25, 0.3) is 11.0 Å². The molecule has 4 N–H and O–H groups in total. The van der Waals surface area contributed by atoms with Crippen molar-refractivity contribution in [1.82, 2.24) is 24.6 Å². The molecule has 0 spiro atoms. The maximum absolute atomic E-state index is 12.5. The fourth-order valence-corrected chi connectivity index (χ4v) is 5.29. The fourth-order valence-electron chi connectivity index (χ4n) is 5.29. The summed E-state index contributed by atoms with van der Waals surface area (Å²) in [5.41, 5.74) is 12.7. The Hall–Kier alpha value is -4.34. The molecule has 0 bridgehead atoms. The smallest absolute Gasteiger partial charge is 0.410 e. The molecule has 0 radical (unpaired) electrons. The number of anilines is 2. The van der Waals surface area contributed by atoms with Gasteiger partial charge in [-0.2, -0.15) is 5.10 Å². The Labute approximate surface area is 220 Å². The number of nitrogens with two attached hydrogens (primary N) is 1. The Morgan fingerprint density at radius 1 is 1.16 bits per heavy atom. The van der Waals surface area contributed by atoms with Crippen molar-refractivity contribution in [2.75, 3.05) is 17.6 Å². The largest absolute Gasteiger partial charge is 0.508 e. The molecule has 10 nitrogen and oxygen atoms in total. The van der Waals surface area contributed by atoms with E-state index in [2.05, 4.69) is 33.5 Å². The van der Waals surface area contributed by atoms with Gasteiger partial charge in [0.05, 0.1) is 23.7 Å². The van der Waals surface area contributed by atoms with Crippen molar-refractivity contribution in [3.05, 3.63) is 70.7 Å². The molecule has 6 rings (SSSR count). The van der Waals surface area contributed by atoms with E-state index < -0.39 is 5.60 Å². The number of phenolic OH excluding ortho intramolecular Hbond substituents is 1. The summed E-state index contributed by atoms with van der Waals surface area (Å²) in [7, 11) is 0. The molecule has 1 atom stereocenters. The number of nitrogens with one attached hydrogen (secondary N) is 1. The fraction of sp³-hybridized carbons (Fsp3) is 0.357. The number of benzene rings is 2. The first-order valence-corrected chi connectivity index (χ1v) is 12.8. The molecule has 1 amide bonds. The molecule has 0 aliphatic carbocycles. The van der Waals surface area contributed by atoms with Crippen LogP contribution in [-0.2, 0) is 30.7 Å². The molecule has 10 heteroatoms. The zero-order valence-electron chi connectivity index (χ0n) is 21.7. The van der Waals surface area contributed by atoms with Gasteiger partial charge in [0, 0.05) is 25.2 Å². The zero-order valence-corrected chi connectivity index (χ0v) is 21.7. The number of aromatic hydroxyl groups is 1. The van der Waals surface area contributed by atoms with Crippen molar-refractivity contribution < 1.29 is 14.6 Å². The van der Waals surface area contributed by atoms with Crippen molar-refractivity contribution in [2.24, 2.45) is 0 Å². The Balaban J connectivity index is 1.26. The molecule has 0 saturated heterocycles. The Morgan fingerprint density at radius 2 is 2.00 bits per heavy atom. The topological polar surface area (TPSA) is 131 Å². The third-order valence-electron chi connectivity index (χ3n) is 7.03. The van der Waals surface area contributed by atoms with Crippen molar-refractivity contribution in [1.29, 1.82) is 0 Å². The molecular weight excluding hydrogens is 482 g/mol. The number of amides is 1. The first-order valence-electron chi connectivity index (χ1n) is 12.8. The van der Waals surface area contributed by atoms with Crippen LogP contribution >= 0.6 is 0 Å². The molecule has 4 aromatic rings. The van der Waals surface area contributed by atoms with Gasteiger partial charge in [-0.1, -0.05) is 18.2 Å². The van der Waals surface area contributed by atoms with E-state index in [9.17, 15) is 9.90 Å². The molecule has 2 aliphatic rings. The van der Waals surface area contributed by atoms with Crippen molar-refractivity contribution in [3.63, 3.8) is 0 Å². The van der Waals surface area contributed by atoms with E-state index >= 15 is 0 Å². The summed E-state index contributed by atoms with van der Waals surface area (Å²) in [6, 6.07) is 11.6. The van der Waals surface area contributed by atoms with Gasteiger partial charge in [0.25, 0.3) is 0 Å². The van der Waals surface area contributed by atoms with Crippen LogP contribution in [0.4, 0.5) is 16.3 Å². The van der Waals surface area contributed by atoms with Crippen molar-refractivity contribution >= 4 is 28.6 Å². The minimum atomic E-state index is -0.516. The van der Waals surface area contributed by atoms with Crippen LogP contribution in [0.5, 0.6) is 5.75 Å². The van der Waals surface area contributed by atoms with Gasteiger partial charge in [0.2, 0.25) is 0 Å². The summed E-state index contributed by atoms with van der Waals surface area (Å²) >= 11 is 0.